The van der Waals surface area contributed by atoms with Gasteiger partial charge in [-0.05, 0) is 18.6 Å². The standard InChI is InChI=1S/C18H24N6O3/c1-3-4-5-8-19-18-21-16(23(2)10-13-7-6-9-27-13)15-17(22-18)24(12-20-15)11-14(25)26/h6-7,9,12H,3-5,8,10-11H2,1-2H3,(H,25,26)(H,19,21,22). The second-order valence-corrected chi connectivity index (χ2v) is 6.38. The number of anilines is 2. The molecule has 0 aliphatic heterocycles. The number of nitrogens with zero attached hydrogens (tertiary/aromatic N) is 5. The zero-order chi connectivity index (χ0) is 19.2. The Morgan fingerprint density at radius 1 is 1.37 bits per heavy atom. The number of rotatable bonds is 10. The number of unbranched alkanes of at least 4 members (excludes halogenated alkanes) is 2. The number of imidazole rings is 1. The fourth-order valence-electron chi connectivity index (χ4n) is 2.82. The number of carboxylic acids is 1. The van der Waals surface area contributed by atoms with Crippen molar-refractivity contribution in [3.63, 3.8) is 0 Å². The van der Waals surface area contributed by atoms with Crippen LogP contribution in [0.2, 0.25) is 0 Å². The van der Waals surface area contributed by atoms with Crippen molar-refractivity contribution < 1.29 is 14.3 Å². The number of aliphatic carboxylic acids is 1. The first-order valence-electron chi connectivity index (χ1n) is 9.00. The van der Waals surface area contributed by atoms with Crippen molar-refractivity contribution in [3.8, 4) is 0 Å². The monoisotopic (exact) mass is 372 g/mol. The molecule has 0 saturated carbocycles. The molecule has 3 aromatic rings. The fraction of sp³-hybridized carbons (Fsp3) is 0.444. The van der Waals surface area contributed by atoms with Crippen LogP contribution in [-0.4, -0.2) is 44.2 Å². The fourth-order valence-corrected chi connectivity index (χ4v) is 2.82. The van der Waals surface area contributed by atoms with E-state index in [1.807, 2.05) is 24.1 Å². The number of carboxylic acid groups (broad SMARTS) is 1. The Bertz CT molecular complexity index is 890. The first-order valence-corrected chi connectivity index (χ1v) is 9.00. The maximum absolute atomic E-state index is 11.1. The molecule has 0 aliphatic rings. The van der Waals surface area contributed by atoms with E-state index >= 15 is 0 Å². The van der Waals surface area contributed by atoms with E-state index in [1.165, 1.54) is 10.9 Å². The number of nitrogens with one attached hydrogen (secondary N) is 1. The lowest BCUT2D eigenvalue weighted by Crippen LogP contribution is -2.19. The summed E-state index contributed by atoms with van der Waals surface area (Å²) in [7, 11) is 1.89. The van der Waals surface area contributed by atoms with Crippen LogP contribution in [-0.2, 0) is 17.9 Å². The third kappa shape index (κ3) is 4.55. The number of fused-ring (bicyclic) bond motifs is 1. The van der Waals surface area contributed by atoms with Gasteiger partial charge in [-0.25, -0.2) is 4.98 Å². The Morgan fingerprint density at radius 3 is 2.93 bits per heavy atom. The number of aromatic nitrogens is 4. The number of hydrogen-bond donors (Lipinski definition) is 2. The zero-order valence-corrected chi connectivity index (χ0v) is 15.6. The molecule has 0 spiro atoms. The minimum atomic E-state index is -0.948. The SMILES string of the molecule is CCCCCNc1nc(N(C)Cc2ccco2)c2ncn(CC(=O)O)c2n1. The molecular formula is C18H24N6O3. The third-order valence-electron chi connectivity index (χ3n) is 4.15. The van der Waals surface area contributed by atoms with Crippen LogP contribution in [0.25, 0.3) is 11.2 Å². The molecule has 2 N–H and O–H groups in total. The highest BCUT2D eigenvalue weighted by molar-refractivity contribution is 5.85. The summed E-state index contributed by atoms with van der Waals surface area (Å²) in [5.74, 6) is 0.938. The van der Waals surface area contributed by atoms with Gasteiger partial charge in [-0.1, -0.05) is 19.8 Å². The highest BCUT2D eigenvalue weighted by atomic mass is 16.4. The van der Waals surface area contributed by atoms with Crippen LogP contribution in [0.15, 0.2) is 29.1 Å². The van der Waals surface area contributed by atoms with E-state index in [1.54, 1.807) is 6.26 Å². The molecule has 0 atom stereocenters. The zero-order valence-electron chi connectivity index (χ0n) is 15.6. The molecule has 9 heteroatoms. The molecular weight excluding hydrogens is 348 g/mol. The van der Waals surface area contributed by atoms with Crippen LogP contribution in [0.4, 0.5) is 11.8 Å². The van der Waals surface area contributed by atoms with Gasteiger partial charge in [-0.2, -0.15) is 9.97 Å². The van der Waals surface area contributed by atoms with Gasteiger partial charge in [0.05, 0.1) is 19.1 Å². The highest BCUT2D eigenvalue weighted by Crippen LogP contribution is 2.25. The number of hydrogen-bond acceptors (Lipinski definition) is 7. The van der Waals surface area contributed by atoms with Gasteiger partial charge in [0.2, 0.25) is 5.95 Å². The number of furan rings is 1. The van der Waals surface area contributed by atoms with Crippen molar-refractivity contribution >= 4 is 28.9 Å². The molecule has 0 unspecified atom stereocenters. The Morgan fingerprint density at radius 2 is 2.22 bits per heavy atom. The van der Waals surface area contributed by atoms with Crippen LogP contribution in [0.5, 0.6) is 0 Å². The summed E-state index contributed by atoms with van der Waals surface area (Å²) < 4.78 is 6.93. The smallest absolute Gasteiger partial charge is 0.323 e. The first-order chi connectivity index (χ1) is 13.1. The minimum absolute atomic E-state index is 0.204. The molecule has 0 saturated heterocycles. The minimum Gasteiger partial charge on any atom is -0.480 e. The second kappa shape index (κ2) is 8.52. The van der Waals surface area contributed by atoms with E-state index in [4.69, 9.17) is 9.52 Å². The molecule has 3 rings (SSSR count). The predicted molar refractivity (Wildman–Crippen MR) is 102 cm³/mol. The van der Waals surface area contributed by atoms with Gasteiger partial charge in [0, 0.05) is 13.6 Å². The summed E-state index contributed by atoms with van der Waals surface area (Å²) in [6.07, 6.45) is 6.38. The van der Waals surface area contributed by atoms with Crippen molar-refractivity contribution in [1.82, 2.24) is 19.5 Å². The van der Waals surface area contributed by atoms with Gasteiger partial charge in [-0.15, -0.1) is 0 Å². The molecule has 144 valence electrons. The molecule has 0 amide bonds. The lowest BCUT2D eigenvalue weighted by atomic mass is 10.2. The van der Waals surface area contributed by atoms with Gasteiger partial charge in [-0.3, -0.25) is 4.79 Å². The maximum Gasteiger partial charge on any atom is 0.323 e. The Hall–Kier alpha value is -3.10. The topological polar surface area (TPSA) is 109 Å². The highest BCUT2D eigenvalue weighted by Gasteiger charge is 2.18. The van der Waals surface area contributed by atoms with Crippen LogP contribution in [0.3, 0.4) is 0 Å². The van der Waals surface area contributed by atoms with Crippen molar-refractivity contribution in [2.75, 3.05) is 23.8 Å². The first kappa shape index (κ1) is 18.7. The van der Waals surface area contributed by atoms with Crippen LogP contribution in [0, 0.1) is 0 Å². The Labute approximate surface area is 157 Å². The van der Waals surface area contributed by atoms with Crippen LogP contribution in [0.1, 0.15) is 31.9 Å². The largest absolute Gasteiger partial charge is 0.480 e. The van der Waals surface area contributed by atoms with Crippen LogP contribution >= 0.6 is 0 Å². The molecule has 0 aromatic carbocycles. The maximum atomic E-state index is 11.1. The summed E-state index contributed by atoms with van der Waals surface area (Å²) in [5, 5.41) is 12.4. The summed E-state index contributed by atoms with van der Waals surface area (Å²) in [6, 6.07) is 3.73. The summed E-state index contributed by atoms with van der Waals surface area (Å²) in [6.45, 7) is 3.22. The van der Waals surface area contributed by atoms with Crippen LogP contribution < -0.4 is 10.2 Å². The van der Waals surface area contributed by atoms with E-state index in [9.17, 15) is 4.79 Å². The number of carbonyl (C=O) groups is 1. The van der Waals surface area contributed by atoms with Gasteiger partial charge in [0.1, 0.15) is 12.3 Å². The molecule has 0 radical (unpaired) electrons. The molecule has 0 fully saturated rings. The summed E-state index contributed by atoms with van der Waals surface area (Å²) >= 11 is 0. The molecule has 9 nitrogen and oxygen atoms in total. The van der Waals surface area contributed by atoms with Crippen molar-refractivity contribution in [2.45, 2.75) is 39.3 Å². The Kier molecular flexibility index (Phi) is 5.90. The van der Waals surface area contributed by atoms with Gasteiger partial charge in [0.15, 0.2) is 17.0 Å². The van der Waals surface area contributed by atoms with Gasteiger partial charge >= 0.3 is 5.97 Å². The molecule has 0 bridgehead atoms. The van der Waals surface area contributed by atoms with Crippen molar-refractivity contribution in [2.24, 2.45) is 0 Å². The van der Waals surface area contributed by atoms with Crippen molar-refractivity contribution in [3.05, 3.63) is 30.5 Å². The van der Waals surface area contributed by atoms with E-state index < -0.39 is 5.97 Å². The average Bonchev–Trinajstić information content (AvgIpc) is 3.28. The van der Waals surface area contributed by atoms with Gasteiger partial charge in [0.25, 0.3) is 0 Å². The van der Waals surface area contributed by atoms with Gasteiger partial charge < -0.3 is 24.3 Å². The second-order valence-electron chi connectivity index (χ2n) is 6.38. The molecule has 3 heterocycles. The quantitative estimate of drug-likeness (QED) is 0.523. The van der Waals surface area contributed by atoms with Crippen molar-refractivity contribution in [1.29, 1.82) is 0 Å². The lowest BCUT2D eigenvalue weighted by molar-refractivity contribution is -0.137. The average molecular weight is 372 g/mol. The lowest BCUT2D eigenvalue weighted by Gasteiger charge is -2.18. The molecule has 0 aliphatic carbocycles. The summed E-state index contributed by atoms with van der Waals surface area (Å²) in [5.41, 5.74) is 1.05. The van der Waals surface area contributed by atoms with E-state index in [-0.39, 0.29) is 6.54 Å². The summed E-state index contributed by atoms with van der Waals surface area (Å²) in [4.78, 5) is 26.5. The molecule has 27 heavy (non-hydrogen) atoms. The predicted octanol–water partition coefficient (Wildman–Crippen LogP) is 2.74. The van der Waals surface area contributed by atoms with E-state index in [0.717, 1.165) is 31.6 Å². The van der Waals surface area contributed by atoms with E-state index in [0.29, 0.717) is 29.5 Å². The normalized spacial score (nSPS) is 11.0. The third-order valence-corrected chi connectivity index (χ3v) is 4.15. The Balaban J connectivity index is 1.93. The molecule has 3 aromatic heterocycles. The van der Waals surface area contributed by atoms with E-state index in [2.05, 4.69) is 27.2 Å².